The van der Waals surface area contributed by atoms with E-state index in [0.717, 1.165) is 40.4 Å². The topological polar surface area (TPSA) is 84.7 Å². The first-order valence-corrected chi connectivity index (χ1v) is 11.6. The normalized spacial score (nSPS) is 22.5. The van der Waals surface area contributed by atoms with E-state index < -0.39 is 11.6 Å². The van der Waals surface area contributed by atoms with Crippen molar-refractivity contribution in [1.82, 2.24) is 14.4 Å². The number of benzene rings is 1. The van der Waals surface area contributed by atoms with Gasteiger partial charge in [0, 0.05) is 22.6 Å². The lowest BCUT2D eigenvalue weighted by Crippen LogP contribution is -2.44. The van der Waals surface area contributed by atoms with Crippen molar-refractivity contribution in [3.05, 3.63) is 55.9 Å². The zero-order valence-electron chi connectivity index (χ0n) is 19.4. The van der Waals surface area contributed by atoms with E-state index >= 15 is 0 Å². The molecule has 1 aliphatic carbocycles. The third-order valence-electron chi connectivity index (χ3n) is 7.94. The predicted molar refractivity (Wildman–Crippen MR) is 129 cm³/mol. The van der Waals surface area contributed by atoms with Crippen LogP contribution in [0, 0.1) is 6.92 Å². The maximum absolute atomic E-state index is 13.6. The summed E-state index contributed by atoms with van der Waals surface area (Å²) in [7, 11) is 14.5. The van der Waals surface area contributed by atoms with Crippen LogP contribution in [0.4, 0.5) is 0 Å². The number of rotatable bonds is 2. The third-order valence-corrected chi connectivity index (χ3v) is 7.94. The summed E-state index contributed by atoms with van der Waals surface area (Å²) in [5, 5.41) is 12.2. The SMILES string of the molecule is [B]c1cc2nc3c(c4c2c(c1C)CC[C@@H]4N([B])C)Cn1c-3cc2c(c1=O)COC(=O)[C@]2(O)CC. The second-order valence-corrected chi connectivity index (χ2v) is 9.64. The number of carbonyl (C=O) groups excluding carboxylic acids is 1. The lowest BCUT2D eigenvalue weighted by Gasteiger charge is -2.34. The molecule has 34 heavy (non-hydrogen) atoms. The number of nitrogens with zero attached hydrogens (tertiary/aromatic N) is 3. The Morgan fingerprint density at radius 3 is 2.76 bits per heavy atom. The number of pyridine rings is 2. The Kier molecular flexibility index (Phi) is 4.49. The number of hydrogen-bond donors (Lipinski definition) is 1. The van der Waals surface area contributed by atoms with Crippen LogP contribution in [0.5, 0.6) is 0 Å². The van der Waals surface area contributed by atoms with E-state index in [4.69, 9.17) is 25.5 Å². The van der Waals surface area contributed by atoms with Crippen LogP contribution >= 0.6 is 0 Å². The van der Waals surface area contributed by atoms with E-state index in [9.17, 15) is 14.7 Å². The van der Waals surface area contributed by atoms with E-state index in [1.54, 1.807) is 22.4 Å². The first kappa shape index (κ1) is 21.6. The number of aromatic nitrogens is 2. The molecule has 2 aromatic heterocycles. The summed E-state index contributed by atoms with van der Waals surface area (Å²) in [6.45, 7) is 3.92. The molecule has 168 valence electrons. The molecule has 3 aromatic rings. The first-order chi connectivity index (χ1) is 16.2. The van der Waals surface area contributed by atoms with Gasteiger partial charge < -0.3 is 19.2 Å². The number of ether oxygens (including phenoxy) is 1. The van der Waals surface area contributed by atoms with Crippen molar-refractivity contribution >= 4 is 38.2 Å². The minimum absolute atomic E-state index is 0.0353. The molecular weight excluding hydrogens is 428 g/mol. The average Bonchev–Trinajstić information content (AvgIpc) is 3.18. The maximum Gasteiger partial charge on any atom is 0.343 e. The van der Waals surface area contributed by atoms with Gasteiger partial charge in [0.1, 0.15) is 14.5 Å². The van der Waals surface area contributed by atoms with Gasteiger partial charge in [0.25, 0.3) is 5.56 Å². The third kappa shape index (κ3) is 2.59. The molecule has 0 saturated carbocycles. The Hall–Kier alpha value is -2.90. The van der Waals surface area contributed by atoms with Crippen LogP contribution in [0.25, 0.3) is 22.3 Å². The van der Waals surface area contributed by atoms with Gasteiger partial charge >= 0.3 is 5.97 Å². The second kappa shape index (κ2) is 7.06. The molecule has 0 bridgehead atoms. The molecule has 2 aliphatic heterocycles. The number of aryl methyl sites for hydroxylation is 1. The van der Waals surface area contributed by atoms with Gasteiger partial charge in [0.2, 0.25) is 0 Å². The van der Waals surface area contributed by atoms with Crippen molar-refractivity contribution < 1.29 is 14.6 Å². The highest BCUT2D eigenvalue weighted by Crippen LogP contribution is 2.46. The summed E-state index contributed by atoms with van der Waals surface area (Å²) in [6, 6.07) is 3.59. The number of hydrogen-bond acceptors (Lipinski definition) is 6. The minimum Gasteiger partial charge on any atom is -0.458 e. The van der Waals surface area contributed by atoms with Crippen molar-refractivity contribution in [3.8, 4) is 11.4 Å². The van der Waals surface area contributed by atoms with Crippen LogP contribution in [0.1, 0.15) is 59.2 Å². The van der Waals surface area contributed by atoms with Crippen molar-refractivity contribution in [1.29, 1.82) is 0 Å². The molecule has 3 aliphatic rings. The van der Waals surface area contributed by atoms with Gasteiger partial charge in [-0.05, 0) is 56.5 Å². The molecule has 0 unspecified atom stereocenters. The summed E-state index contributed by atoms with van der Waals surface area (Å²) < 4.78 is 6.85. The fourth-order valence-corrected chi connectivity index (χ4v) is 5.99. The summed E-state index contributed by atoms with van der Waals surface area (Å²) >= 11 is 0. The first-order valence-electron chi connectivity index (χ1n) is 11.6. The Morgan fingerprint density at radius 2 is 2.06 bits per heavy atom. The number of cyclic esters (lactones) is 1. The smallest absolute Gasteiger partial charge is 0.343 e. The van der Waals surface area contributed by atoms with Gasteiger partial charge in [-0.1, -0.05) is 17.9 Å². The van der Waals surface area contributed by atoms with E-state index in [-0.39, 0.29) is 24.6 Å². The Bertz CT molecular complexity index is 1500. The predicted octanol–water partition coefficient (Wildman–Crippen LogP) is 1.18. The molecule has 4 radical (unpaired) electrons. The molecule has 0 amide bonds. The van der Waals surface area contributed by atoms with Crippen LogP contribution in [-0.2, 0) is 34.7 Å². The molecule has 0 spiro atoms. The molecule has 0 fully saturated rings. The fourth-order valence-electron chi connectivity index (χ4n) is 5.99. The molecule has 9 heteroatoms. The summed E-state index contributed by atoms with van der Waals surface area (Å²) in [5.74, 6) is -0.732. The highest BCUT2D eigenvalue weighted by molar-refractivity contribution is 6.34. The molecule has 0 saturated heterocycles. The van der Waals surface area contributed by atoms with E-state index in [2.05, 4.69) is 0 Å². The van der Waals surface area contributed by atoms with Gasteiger partial charge in [0.15, 0.2) is 13.6 Å². The standard InChI is InChI=1S/C25H23B2N3O4/c1-4-25(33)15-7-19-22-13(9-30(19)23(31)14(15)10-34-24(25)32)21-18(29(3)27)6-5-12-11(2)16(26)8-17(28-22)20(12)21/h7-8,18,33H,4-6,9-10H2,1-3H3/t18-,25-/m0/s1. The highest BCUT2D eigenvalue weighted by atomic mass is 16.6. The molecule has 7 nitrogen and oxygen atoms in total. The van der Waals surface area contributed by atoms with Crippen molar-refractivity contribution in [2.24, 2.45) is 0 Å². The Morgan fingerprint density at radius 1 is 1.29 bits per heavy atom. The molecule has 2 atom stereocenters. The van der Waals surface area contributed by atoms with Crippen molar-refractivity contribution in [2.45, 2.75) is 57.9 Å². The zero-order valence-corrected chi connectivity index (χ0v) is 19.4. The van der Waals surface area contributed by atoms with Crippen molar-refractivity contribution in [2.75, 3.05) is 7.05 Å². The number of esters is 1. The molecule has 1 aromatic carbocycles. The molecular formula is C25H23B2N3O4. The number of aliphatic hydroxyl groups is 1. The minimum atomic E-state index is -1.86. The Balaban J connectivity index is 1.70. The quantitative estimate of drug-likeness (QED) is 0.364. The summed E-state index contributed by atoms with van der Waals surface area (Å²) in [5.41, 5.74) is 5.46. The number of carbonyl (C=O) groups is 1. The largest absolute Gasteiger partial charge is 0.458 e. The lowest BCUT2D eigenvalue weighted by atomic mass is 9.77. The molecule has 4 heterocycles. The average molecular weight is 451 g/mol. The fraction of sp³-hybridized carbons (Fsp3) is 0.400. The van der Waals surface area contributed by atoms with Gasteiger partial charge in [-0.15, -0.1) is 0 Å². The van der Waals surface area contributed by atoms with Crippen molar-refractivity contribution in [3.63, 3.8) is 0 Å². The van der Waals surface area contributed by atoms with Gasteiger partial charge in [-0.2, -0.15) is 0 Å². The lowest BCUT2D eigenvalue weighted by molar-refractivity contribution is -0.172. The maximum atomic E-state index is 13.6. The zero-order chi connectivity index (χ0) is 24.1. The summed E-state index contributed by atoms with van der Waals surface area (Å²) in [6.07, 6.45) is 1.77. The highest BCUT2D eigenvalue weighted by Gasteiger charge is 2.45. The van der Waals surface area contributed by atoms with Crippen LogP contribution in [-0.4, -0.2) is 48.3 Å². The van der Waals surface area contributed by atoms with E-state index in [1.807, 2.05) is 20.0 Å². The van der Waals surface area contributed by atoms with E-state index in [0.29, 0.717) is 34.5 Å². The van der Waals surface area contributed by atoms with E-state index in [1.165, 1.54) is 5.56 Å². The van der Waals surface area contributed by atoms with Gasteiger partial charge in [0.05, 0.1) is 29.0 Å². The number of fused-ring (bicyclic) bond motifs is 5. The van der Waals surface area contributed by atoms with Crippen LogP contribution in [0.2, 0.25) is 0 Å². The van der Waals surface area contributed by atoms with Gasteiger partial charge in [-0.25, -0.2) is 9.78 Å². The Labute approximate surface area is 199 Å². The van der Waals surface area contributed by atoms with Crippen LogP contribution in [0.3, 0.4) is 0 Å². The molecule has 6 rings (SSSR count). The van der Waals surface area contributed by atoms with Gasteiger partial charge in [-0.3, -0.25) is 4.79 Å². The van der Waals surface area contributed by atoms with Crippen LogP contribution in [0.15, 0.2) is 16.9 Å². The summed E-state index contributed by atoms with van der Waals surface area (Å²) in [4.78, 5) is 32.7. The monoisotopic (exact) mass is 451 g/mol. The molecule has 1 N–H and O–H groups in total. The van der Waals surface area contributed by atoms with Crippen LogP contribution < -0.4 is 11.0 Å². The second-order valence-electron chi connectivity index (χ2n) is 9.64.